The topological polar surface area (TPSA) is 84.9 Å². The first kappa shape index (κ1) is 19.9. The zero-order valence-electron chi connectivity index (χ0n) is 16.1. The van der Waals surface area contributed by atoms with Gasteiger partial charge in [-0.3, -0.25) is 4.79 Å². The Morgan fingerprint density at radius 1 is 1.25 bits per heavy atom. The molecule has 1 heterocycles. The van der Waals surface area contributed by atoms with E-state index in [1.807, 2.05) is 19.9 Å². The van der Waals surface area contributed by atoms with Gasteiger partial charge in [-0.25, -0.2) is 4.79 Å². The van der Waals surface area contributed by atoms with Crippen molar-refractivity contribution in [3.05, 3.63) is 64.7 Å². The Bertz CT molecular complexity index is 858. The number of hydrogen-bond acceptors (Lipinski definition) is 4. The fourth-order valence-corrected chi connectivity index (χ4v) is 3.27. The summed E-state index contributed by atoms with van der Waals surface area (Å²) in [6, 6.07) is 11.0. The summed E-state index contributed by atoms with van der Waals surface area (Å²) >= 11 is 0. The van der Waals surface area contributed by atoms with Crippen molar-refractivity contribution in [1.82, 2.24) is 5.32 Å². The lowest BCUT2D eigenvalue weighted by atomic mass is 9.97. The smallest absolute Gasteiger partial charge is 0.330 e. The van der Waals surface area contributed by atoms with Crippen molar-refractivity contribution in [3.63, 3.8) is 0 Å². The van der Waals surface area contributed by atoms with Gasteiger partial charge in [-0.15, -0.1) is 0 Å². The number of carboxylic acids is 1. The molecule has 28 heavy (non-hydrogen) atoms. The Morgan fingerprint density at radius 3 is 2.75 bits per heavy atom. The van der Waals surface area contributed by atoms with Crippen LogP contribution in [0.25, 0.3) is 0 Å². The maximum Gasteiger partial charge on any atom is 0.330 e. The fraction of sp³-hybridized carbons (Fsp3) is 0.364. The SMILES string of the molecule is Cc1cccc(C(NC(=O)c2cccc(OCC3CCCO3)c2)C(=O)O)c1C. The first-order valence-corrected chi connectivity index (χ1v) is 9.40. The summed E-state index contributed by atoms with van der Waals surface area (Å²) in [5.41, 5.74) is 2.75. The summed E-state index contributed by atoms with van der Waals surface area (Å²) in [4.78, 5) is 24.5. The van der Waals surface area contributed by atoms with Crippen LogP contribution in [-0.2, 0) is 9.53 Å². The molecule has 0 bridgehead atoms. The summed E-state index contributed by atoms with van der Waals surface area (Å²) in [6.45, 7) is 4.96. The van der Waals surface area contributed by atoms with Crippen LogP contribution in [0.5, 0.6) is 5.75 Å². The van der Waals surface area contributed by atoms with E-state index in [4.69, 9.17) is 9.47 Å². The number of aliphatic carboxylic acids is 1. The van der Waals surface area contributed by atoms with Crippen LogP contribution in [0.2, 0.25) is 0 Å². The normalized spacial score (nSPS) is 17.1. The molecule has 1 aliphatic heterocycles. The second-order valence-corrected chi connectivity index (χ2v) is 7.01. The Morgan fingerprint density at radius 2 is 2.04 bits per heavy atom. The summed E-state index contributed by atoms with van der Waals surface area (Å²) in [5.74, 6) is -1.01. The van der Waals surface area contributed by atoms with Gasteiger partial charge in [-0.1, -0.05) is 24.3 Å². The van der Waals surface area contributed by atoms with E-state index in [1.54, 1.807) is 36.4 Å². The van der Waals surface area contributed by atoms with Crippen LogP contribution in [0.4, 0.5) is 0 Å². The van der Waals surface area contributed by atoms with Gasteiger partial charge in [0.2, 0.25) is 0 Å². The predicted molar refractivity (Wildman–Crippen MR) is 105 cm³/mol. The number of carbonyl (C=O) groups excluding carboxylic acids is 1. The van der Waals surface area contributed by atoms with Gasteiger partial charge in [0.05, 0.1) is 6.10 Å². The molecule has 0 spiro atoms. The first-order chi connectivity index (χ1) is 13.5. The summed E-state index contributed by atoms with van der Waals surface area (Å²) in [5, 5.41) is 12.3. The predicted octanol–water partition coefficient (Wildman–Crippen LogP) is 3.42. The van der Waals surface area contributed by atoms with Gasteiger partial charge in [0.15, 0.2) is 6.04 Å². The average molecular weight is 383 g/mol. The number of carboxylic acid groups (broad SMARTS) is 1. The number of aryl methyl sites for hydroxylation is 1. The van der Waals surface area contributed by atoms with Crippen LogP contribution in [-0.4, -0.2) is 36.3 Å². The minimum Gasteiger partial charge on any atom is -0.491 e. The molecule has 148 valence electrons. The molecule has 1 amide bonds. The van der Waals surface area contributed by atoms with E-state index in [1.165, 1.54) is 0 Å². The largest absolute Gasteiger partial charge is 0.491 e. The number of benzene rings is 2. The molecule has 0 aromatic heterocycles. The third kappa shape index (κ3) is 4.70. The van der Waals surface area contributed by atoms with Crippen LogP contribution in [0.15, 0.2) is 42.5 Å². The lowest BCUT2D eigenvalue weighted by Gasteiger charge is -2.18. The van der Waals surface area contributed by atoms with Gasteiger partial charge in [-0.05, 0) is 61.6 Å². The number of carbonyl (C=O) groups is 2. The van der Waals surface area contributed by atoms with Gasteiger partial charge in [0, 0.05) is 12.2 Å². The lowest BCUT2D eigenvalue weighted by Crippen LogP contribution is -2.34. The van der Waals surface area contributed by atoms with E-state index in [0.717, 1.165) is 30.6 Å². The standard InChI is InChI=1S/C22H25NO5/c1-14-6-3-10-19(15(14)2)20(22(25)26)23-21(24)16-7-4-8-17(12-16)28-13-18-9-5-11-27-18/h3-4,6-8,10,12,18,20H,5,9,11,13H2,1-2H3,(H,23,24)(H,25,26). The van der Waals surface area contributed by atoms with Gasteiger partial charge in [0.25, 0.3) is 5.91 Å². The molecule has 2 atom stereocenters. The van der Waals surface area contributed by atoms with Gasteiger partial charge >= 0.3 is 5.97 Å². The number of hydrogen-bond donors (Lipinski definition) is 2. The summed E-state index contributed by atoms with van der Waals surface area (Å²) in [7, 11) is 0. The molecule has 0 aliphatic carbocycles. The third-order valence-electron chi connectivity index (χ3n) is 5.04. The maximum atomic E-state index is 12.7. The zero-order chi connectivity index (χ0) is 20.1. The molecular formula is C22H25NO5. The first-order valence-electron chi connectivity index (χ1n) is 9.40. The number of nitrogens with one attached hydrogen (secondary N) is 1. The highest BCUT2D eigenvalue weighted by molar-refractivity contribution is 5.97. The molecule has 3 rings (SSSR count). The molecule has 6 heteroatoms. The van der Waals surface area contributed by atoms with Crippen LogP contribution >= 0.6 is 0 Å². The molecule has 6 nitrogen and oxygen atoms in total. The summed E-state index contributed by atoms with van der Waals surface area (Å²) < 4.78 is 11.3. The van der Waals surface area contributed by atoms with Crippen molar-refractivity contribution in [2.24, 2.45) is 0 Å². The molecule has 2 unspecified atom stereocenters. The molecule has 2 aromatic rings. The Kier molecular flexibility index (Phi) is 6.31. The van der Waals surface area contributed by atoms with Crippen LogP contribution in [0.3, 0.4) is 0 Å². The number of rotatable bonds is 7. The van der Waals surface area contributed by atoms with Crippen molar-refractivity contribution >= 4 is 11.9 Å². The minimum absolute atomic E-state index is 0.0816. The highest BCUT2D eigenvalue weighted by Crippen LogP contribution is 2.22. The van der Waals surface area contributed by atoms with E-state index >= 15 is 0 Å². The van der Waals surface area contributed by atoms with Crippen molar-refractivity contribution in [2.45, 2.75) is 38.8 Å². The second kappa shape index (κ2) is 8.89. The fourth-order valence-electron chi connectivity index (χ4n) is 3.27. The average Bonchev–Trinajstić information content (AvgIpc) is 3.20. The number of ether oxygens (including phenoxy) is 2. The van der Waals surface area contributed by atoms with Crippen molar-refractivity contribution in [3.8, 4) is 5.75 Å². The highest BCUT2D eigenvalue weighted by Gasteiger charge is 2.25. The molecule has 1 fully saturated rings. The molecular weight excluding hydrogens is 358 g/mol. The van der Waals surface area contributed by atoms with Crippen molar-refractivity contribution < 1.29 is 24.2 Å². The van der Waals surface area contributed by atoms with Crippen LogP contribution in [0.1, 0.15) is 45.9 Å². The van der Waals surface area contributed by atoms with E-state index in [2.05, 4.69) is 5.32 Å². The molecule has 2 aromatic carbocycles. The van der Waals surface area contributed by atoms with E-state index in [9.17, 15) is 14.7 Å². The van der Waals surface area contributed by atoms with E-state index in [0.29, 0.717) is 23.5 Å². The maximum absolute atomic E-state index is 12.7. The monoisotopic (exact) mass is 383 g/mol. The van der Waals surface area contributed by atoms with Crippen LogP contribution in [0, 0.1) is 13.8 Å². The molecule has 0 saturated carbocycles. The zero-order valence-corrected chi connectivity index (χ0v) is 16.1. The Balaban J connectivity index is 1.72. The third-order valence-corrected chi connectivity index (χ3v) is 5.04. The minimum atomic E-state index is -1.12. The van der Waals surface area contributed by atoms with Crippen molar-refractivity contribution in [2.75, 3.05) is 13.2 Å². The Labute approximate surface area is 164 Å². The number of amides is 1. The second-order valence-electron chi connectivity index (χ2n) is 7.01. The van der Waals surface area contributed by atoms with Crippen molar-refractivity contribution in [1.29, 1.82) is 0 Å². The Hall–Kier alpha value is -2.86. The van der Waals surface area contributed by atoms with Gasteiger partial charge in [0.1, 0.15) is 12.4 Å². The molecule has 1 aliphatic rings. The quantitative estimate of drug-likeness (QED) is 0.765. The molecule has 1 saturated heterocycles. The van der Waals surface area contributed by atoms with Gasteiger partial charge < -0.3 is 19.9 Å². The highest BCUT2D eigenvalue weighted by atomic mass is 16.5. The van der Waals surface area contributed by atoms with Gasteiger partial charge in [-0.2, -0.15) is 0 Å². The molecule has 0 radical (unpaired) electrons. The summed E-state index contributed by atoms with van der Waals surface area (Å²) in [6.07, 6.45) is 2.08. The molecule has 2 N–H and O–H groups in total. The van der Waals surface area contributed by atoms with E-state index < -0.39 is 17.9 Å². The van der Waals surface area contributed by atoms with E-state index in [-0.39, 0.29) is 6.10 Å². The lowest BCUT2D eigenvalue weighted by molar-refractivity contribution is -0.139. The van der Waals surface area contributed by atoms with Crippen LogP contribution < -0.4 is 10.1 Å².